The Balaban J connectivity index is 2.07. The van der Waals surface area contributed by atoms with E-state index in [0.29, 0.717) is 16.2 Å². The quantitative estimate of drug-likeness (QED) is 0.802. The van der Waals surface area contributed by atoms with Gasteiger partial charge in [-0.15, -0.1) is 0 Å². The molecule has 1 N–H and O–H groups in total. The average Bonchev–Trinajstić information content (AvgIpc) is 2.95. The second kappa shape index (κ2) is 5.81. The van der Waals surface area contributed by atoms with Crippen molar-refractivity contribution in [1.29, 1.82) is 0 Å². The lowest BCUT2D eigenvalue weighted by molar-refractivity contribution is 0.0701. The van der Waals surface area contributed by atoms with E-state index in [-0.39, 0.29) is 10.4 Å². The lowest BCUT2D eigenvalue weighted by Gasteiger charge is -2.00. The lowest BCUT2D eigenvalue weighted by Crippen LogP contribution is -2.17. The van der Waals surface area contributed by atoms with E-state index in [4.69, 9.17) is 5.11 Å². The van der Waals surface area contributed by atoms with Gasteiger partial charge in [-0.3, -0.25) is 9.20 Å². The molecule has 0 radical (unpaired) electrons. The molecule has 0 fully saturated rings. The van der Waals surface area contributed by atoms with E-state index in [2.05, 4.69) is 4.98 Å². The molecule has 0 amide bonds. The van der Waals surface area contributed by atoms with Gasteiger partial charge in [0.2, 0.25) is 0 Å². The van der Waals surface area contributed by atoms with Gasteiger partial charge in [0.25, 0.3) is 5.56 Å². The fraction of sp³-hybridized carbons (Fsp3) is 0.118. The molecule has 1 aromatic carbocycles. The molecular weight excluding hydrogens is 312 g/mol. The predicted octanol–water partition coefficient (Wildman–Crippen LogP) is 3.24. The monoisotopic (exact) mass is 326 g/mol. The number of benzene rings is 1. The summed E-state index contributed by atoms with van der Waals surface area (Å²) in [5.41, 5.74) is 2.97. The summed E-state index contributed by atoms with van der Waals surface area (Å²) in [4.78, 5) is 28.3. The Morgan fingerprint density at radius 2 is 1.91 bits per heavy atom. The number of carboxylic acid groups (broad SMARTS) is 1. The minimum Gasteiger partial charge on any atom is -0.477 e. The molecule has 0 bridgehead atoms. The highest BCUT2D eigenvalue weighted by atomic mass is 32.1. The third-order valence-corrected chi connectivity index (χ3v) is 4.49. The molecule has 23 heavy (non-hydrogen) atoms. The number of fused-ring (bicyclic) bond motifs is 1. The van der Waals surface area contributed by atoms with Crippen molar-refractivity contribution in [3.63, 3.8) is 0 Å². The number of carboxylic acids is 1. The molecule has 6 heteroatoms. The van der Waals surface area contributed by atoms with Gasteiger partial charge < -0.3 is 5.11 Å². The van der Waals surface area contributed by atoms with E-state index in [1.165, 1.54) is 16.2 Å². The van der Waals surface area contributed by atoms with E-state index in [1.54, 1.807) is 13.0 Å². The predicted molar refractivity (Wildman–Crippen MR) is 91.1 cm³/mol. The number of thiazole rings is 1. The fourth-order valence-electron chi connectivity index (χ4n) is 2.16. The molecule has 3 aromatic rings. The van der Waals surface area contributed by atoms with E-state index in [1.807, 2.05) is 37.3 Å². The first-order valence-corrected chi connectivity index (χ1v) is 7.78. The van der Waals surface area contributed by atoms with Crippen LogP contribution in [0.15, 0.2) is 35.3 Å². The minimum absolute atomic E-state index is 0.0914. The fourth-order valence-corrected chi connectivity index (χ4v) is 2.98. The number of hydrogen-bond acceptors (Lipinski definition) is 4. The van der Waals surface area contributed by atoms with Crippen LogP contribution in [0, 0.1) is 13.8 Å². The molecule has 0 spiro atoms. The second-order valence-electron chi connectivity index (χ2n) is 5.22. The Hall–Kier alpha value is -2.73. The Labute approximate surface area is 136 Å². The number of rotatable bonds is 3. The van der Waals surface area contributed by atoms with Gasteiger partial charge in [-0.1, -0.05) is 47.2 Å². The average molecular weight is 326 g/mol. The first kappa shape index (κ1) is 15.2. The van der Waals surface area contributed by atoms with Gasteiger partial charge in [-0.25, -0.2) is 9.78 Å². The summed E-state index contributed by atoms with van der Waals surface area (Å²) in [5, 5.41) is 9.04. The summed E-state index contributed by atoms with van der Waals surface area (Å²) < 4.78 is 1.28. The second-order valence-corrected chi connectivity index (χ2v) is 6.23. The van der Waals surface area contributed by atoms with Crippen molar-refractivity contribution in [1.82, 2.24) is 9.38 Å². The van der Waals surface area contributed by atoms with Crippen molar-refractivity contribution >= 4 is 34.4 Å². The summed E-state index contributed by atoms with van der Waals surface area (Å²) in [6, 6.07) is 7.99. The van der Waals surface area contributed by atoms with Crippen LogP contribution in [0.1, 0.15) is 32.1 Å². The molecule has 0 aliphatic carbocycles. The molecule has 2 aromatic heterocycles. The van der Waals surface area contributed by atoms with Crippen LogP contribution in [0.25, 0.3) is 17.1 Å². The molecule has 116 valence electrons. The van der Waals surface area contributed by atoms with Gasteiger partial charge in [0.05, 0.1) is 5.69 Å². The number of aryl methyl sites for hydroxylation is 1. The molecule has 3 rings (SSSR count). The van der Waals surface area contributed by atoms with Crippen molar-refractivity contribution in [2.75, 3.05) is 0 Å². The zero-order chi connectivity index (χ0) is 16.6. The maximum Gasteiger partial charge on any atom is 0.347 e. The van der Waals surface area contributed by atoms with Gasteiger partial charge in [0.15, 0.2) is 4.96 Å². The highest BCUT2D eigenvalue weighted by Crippen LogP contribution is 2.17. The number of nitrogens with zero attached hydrogens (tertiary/aromatic N) is 2. The van der Waals surface area contributed by atoms with Gasteiger partial charge in [-0.05, 0) is 25.5 Å². The van der Waals surface area contributed by atoms with Gasteiger partial charge in [0.1, 0.15) is 4.88 Å². The zero-order valence-corrected chi connectivity index (χ0v) is 13.4. The van der Waals surface area contributed by atoms with Crippen LogP contribution in [0.3, 0.4) is 0 Å². The Bertz CT molecular complexity index is 981. The standard InChI is InChI=1S/C17H14N2O3S/c1-10-3-5-12(6-4-10)7-8-13-11(2)15(20)19-9-14(16(21)22)23-17(19)18-13/h3-9H,1-2H3,(H,21,22). The van der Waals surface area contributed by atoms with Crippen LogP contribution in [-0.2, 0) is 0 Å². The molecule has 2 heterocycles. The molecule has 0 aliphatic heterocycles. The van der Waals surface area contributed by atoms with Crippen molar-refractivity contribution in [3.05, 3.63) is 68.1 Å². The summed E-state index contributed by atoms with van der Waals surface area (Å²) in [6.45, 7) is 3.71. The van der Waals surface area contributed by atoms with E-state index in [0.717, 1.165) is 16.9 Å². The Morgan fingerprint density at radius 1 is 1.22 bits per heavy atom. The van der Waals surface area contributed by atoms with E-state index in [9.17, 15) is 9.59 Å². The largest absolute Gasteiger partial charge is 0.477 e. The van der Waals surface area contributed by atoms with Crippen LogP contribution in [0.5, 0.6) is 0 Å². The molecular formula is C17H14N2O3S. The van der Waals surface area contributed by atoms with E-state index >= 15 is 0 Å². The Morgan fingerprint density at radius 3 is 2.57 bits per heavy atom. The van der Waals surface area contributed by atoms with Crippen molar-refractivity contribution in [2.45, 2.75) is 13.8 Å². The van der Waals surface area contributed by atoms with Gasteiger partial charge in [-0.2, -0.15) is 0 Å². The molecule has 5 nitrogen and oxygen atoms in total. The van der Waals surface area contributed by atoms with Gasteiger partial charge in [0, 0.05) is 11.8 Å². The maximum absolute atomic E-state index is 12.3. The molecule has 0 unspecified atom stereocenters. The smallest absolute Gasteiger partial charge is 0.347 e. The maximum atomic E-state index is 12.3. The lowest BCUT2D eigenvalue weighted by atomic mass is 10.1. The summed E-state index contributed by atoms with van der Waals surface area (Å²) in [5.74, 6) is -1.06. The van der Waals surface area contributed by atoms with Crippen LogP contribution < -0.4 is 5.56 Å². The SMILES string of the molecule is Cc1ccc(C=Cc2nc3sc(C(=O)O)cn3c(=O)c2C)cc1. The Kier molecular flexibility index (Phi) is 3.83. The highest BCUT2D eigenvalue weighted by Gasteiger charge is 2.13. The number of aromatic nitrogens is 2. The summed E-state index contributed by atoms with van der Waals surface area (Å²) in [6.07, 6.45) is 4.98. The molecule has 0 saturated heterocycles. The topological polar surface area (TPSA) is 71.7 Å². The van der Waals surface area contributed by atoms with Crippen LogP contribution in [0.2, 0.25) is 0 Å². The van der Waals surface area contributed by atoms with Crippen molar-refractivity contribution < 1.29 is 9.90 Å². The number of carbonyl (C=O) groups is 1. The van der Waals surface area contributed by atoms with Crippen LogP contribution in [0.4, 0.5) is 0 Å². The van der Waals surface area contributed by atoms with Crippen molar-refractivity contribution in [2.24, 2.45) is 0 Å². The van der Waals surface area contributed by atoms with Crippen LogP contribution >= 0.6 is 11.3 Å². The molecule has 0 aliphatic rings. The third-order valence-electron chi connectivity index (χ3n) is 3.52. The first-order valence-electron chi connectivity index (χ1n) is 6.96. The third kappa shape index (κ3) is 2.93. The summed E-state index contributed by atoms with van der Waals surface area (Å²) in [7, 11) is 0. The highest BCUT2D eigenvalue weighted by molar-refractivity contribution is 7.18. The molecule has 0 saturated carbocycles. The number of aromatic carboxylic acids is 1. The normalized spacial score (nSPS) is 11.4. The summed E-state index contributed by atoms with van der Waals surface area (Å²) >= 11 is 0.984. The number of hydrogen-bond donors (Lipinski definition) is 1. The molecule has 0 atom stereocenters. The first-order chi connectivity index (χ1) is 11.0. The van der Waals surface area contributed by atoms with Gasteiger partial charge >= 0.3 is 5.97 Å². The minimum atomic E-state index is -1.06. The van der Waals surface area contributed by atoms with Crippen molar-refractivity contribution in [3.8, 4) is 0 Å². The zero-order valence-electron chi connectivity index (χ0n) is 12.6. The van der Waals surface area contributed by atoms with Crippen LogP contribution in [-0.4, -0.2) is 20.5 Å². The van der Waals surface area contributed by atoms with E-state index < -0.39 is 5.97 Å².